The predicted octanol–water partition coefficient (Wildman–Crippen LogP) is 2.88. The van der Waals surface area contributed by atoms with Gasteiger partial charge in [-0.1, -0.05) is 30.3 Å². The largest absolute Gasteiger partial charge is 0.384 e. The zero-order chi connectivity index (χ0) is 14.6. The van der Waals surface area contributed by atoms with E-state index >= 15 is 0 Å². The Morgan fingerprint density at radius 3 is 2.65 bits per heavy atom. The van der Waals surface area contributed by atoms with Crippen molar-refractivity contribution in [1.82, 2.24) is 5.32 Å². The van der Waals surface area contributed by atoms with Gasteiger partial charge in [0.2, 0.25) is 5.91 Å². The lowest BCUT2D eigenvalue weighted by Gasteiger charge is -2.25. The van der Waals surface area contributed by atoms with Crippen LogP contribution in [0, 0.1) is 0 Å². The molecule has 2 rings (SSSR count). The molecule has 2 unspecified atom stereocenters. The first-order valence-corrected chi connectivity index (χ1v) is 7.53. The molecule has 0 spiro atoms. The summed E-state index contributed by atoms with van der Waals surface area (Å²) < 4.78 is 0. The fraction of sp³-hybridized carbons (Fsp3) is 0.312. The Hall–Kier alpha value is -1.65. The van der Waals surface area contributed by atoms with Crippen LogP contribution in [0.1, 0.15) is 30.9 Å². The van der Waals surface area contributed by atoms with Crippen LogP contribution >= 0.6 is 11.3 Å². The lowest BCUT2D eigenvalue weighted by atomic mass is 9.95. The molecule has 106 valence electrons. The maximum Gasteiger partial charge on any atom is 0.227 e. The maximum absolute atomic E-state index is 12.1. The number of benzene rings is 1. The van der Waals surface area contributed by atoms with Crippen molar-refractivity contribution < 1.29 is 9.90 Å². The summed E-state index contributed by atoms with van der Waals surface area (Å²) in [5.41, 5.74) is 0.737. The number of amides is 1. The van der Waals surface area contributed by atoms with E-state index in [4.69, 9.17) is 0 Å². The van der Waals surface area contributed by atoms with E-state index in [1.165, 1.54) is 0 Å². The third-order valence-electron chi connectivity index (χ3n) is 3.44. The fourth-order valence-electron chi connectivity index (χ4n) is 1.98. The van der Waals surface area contributed by atoms with Crippen LogP contribution in [0.4, 0.5) is 0 Å². The average Bonchev–Trinajstić information content (AvgIpc) is 2.99. The summed E-state index contributed by atoms with van der Waals surface area (Å²) in [5.74, 6) is -0.271. The number of hydrogen-bond donors (Lipinski definition) is 2. The molecule has 2 N–H and O–H groups in total. The van der Waals surface area contributed by atoms with Crippen molar-refractivity contribution in [3.63, 3.8) is 0 Å². The zero-order valence-corrected chi connectivity index (χ0v) is 12.5. The SMILES string of the molecule is CC(C(=O)NCC(C)(O)c1ccccc1)c1ccsc1. The van der Waals surface area contributed by atoms with Gasteiger partial charge in [-0.25, -0.2) is 0 Å². The van der Waals surface area contributed by atoms with E-state index in [2.05, 4.69) is 5.32 Å². The van der Waals surface area contributed by atoms with Gasteiger partial charge in [0.15, 0.2) is 0 Å². The summed E-state index contributed by atoms with van der Waals surface area (Å²) >= 11 is 1.58. The molecule has 1 amide bonds. The number of rotatable bonds is 5. The molecule has 0 aliphatic rings. The van der Waals surface area contributed by atoms with Crippen LogP contribution in [-0.4, -0.2) is 17.6 Å². The van der Waals surface area contributed by atoms with Crippen molar-refractivity contribution in [2.24, 2.45) is 0 Å². The van der Waals surface area contributed by atoms with Crippen LogP contribution in [0.15, 0.2) is 47.2 Å². The van der Waals surface area contributed by atoms with Crippen molar-refractivity contribution in [1.29, 1.82) is 0 Å². The lowest BCUT2D eigenvalue weighted by Crippen LogP contribution is -2.40. The van der Waals surface area contributed by atoms with E-state index in [9.17, 15) is 9.90 Å². The molecule has 0 saturated carbocycles. The Morgan fingerprint density at radius 2 is 2.05 bits per heavy atom. The number of thiophene rings is 1. The second-order valence-electron chi connectivity index (χ2n) is 5.14. The predicted molar refractivity (Wildman–Crippen MR) is 81.8 cm³/mol. The smallest absolute Gasteiger partial charge is 0.227 e. The Labute approximate surface area is 123 Å². The molecule has 4 heteroatoms. The Balaban J connectivity index is 1.96. The molecule has 2 aromatic rings. The van der Waals surface area contributed by atoms with Gasteiger partial charge < -0.3 is 10.4 Å². The molecule has 1 heterocycles. The lowest BCUT2D eigenvalue weighted by molar-refractivity contribution is -0.123. The molecule has 2 atom stereocenters. The quantitative estimate of drug-likeness (QED) is 0.889. The van der Waals surface area contributed by atoms with E-state index in [0.717, 1.165) is 11.1 Å². The highest BCUT2D eigenvalue weighted by molar-refractivity contribution is 7.08. The molecular weight excluding hydrogens is 270 g/mol. The summed E-state index contributed by atoms with van der Waals surface area (Å²) in [6.07, 6.45) is 0. The van der Waals surface area contributed by atoms with Crippen molar-refractivity contribution in [2.75, 3.05) is 6.54 Å². The summed E-state index contributed by atoms with van der Waals surface area (Å²) in [6, 6.07) is 11.3. The summed E-state index contributed by atoms with van der Waals surface area (Å²) in [6.45, 7) is 3.77. The second kappa shape index (κ2) is 6.20. The van der Waals surface area contributed by atoms with E-state index in [1.54, 1.807) is 18.3 Å². The van der Waals surface area contributed by atoms with Gasteiger partial charge in [-0.3, -0.25) is 4.79 Å². The van der Waals surface area contributed by atoms with Gasteiger partial charge in [0.1, 0.15) is 5.60 Å². The Morgan fingerprint density at radius 1 is 1.35 bits per heavy atom. The van der Waals surface area contributed by atoms with Crippen LogP contribution in [-0.2, 0) is 10.4 Å². The number of carbonyl (C=O) groups excluding carboxylic acids is 1. The maximum atomic E-state index is 12.1. The fourth-order valence-corrected chi connectivity index (χ4v) is 2.74. The summed E-state index contributed by atoms with van der Waals surface area (Å²) in [7, 11) is 0. The van der Waals surface area contributed by atoms with Gasteiger partial charge in [-0.2, -0.15) is 11.3 Å². The highest BCUT2D eigenvalue weighted by Gasteiger charge is 2.25. The van der Waals surface area contributed by atoms with Crippen LogP contribution in [0.5, 0.6) is 0 Å². The Bertz CT molecular complexity index is 549. The van der Waals surface area contributed by atoms with Crippen LogP contribution in [0.3, 0.4) is 0 Å². The first-order valence-electron chi connectivity index (χ1n) is 6.58. The minimum Gasteiger partial charge on any atom is -0.384 e. The molecule has 1 aromatic heterocycles. The van der Waals surface area contributed by atoms with Crippen LogP contribution in [0.2, 0.25) is 0 Å². The third-order valence-corrected chi connectivity index (χ3v) is 4.14. The van der Waals surface area contributed by atoms with Crippen molar-refractivity contribution >= 4 is 17.2 Å². The molecule has 3 nitrogen and oxygen atoms in total. The topological polar surface area (TPSA) is 49.3 Å². The first-order chi connectivity index (χ1) is 9.50. The van der Waals surface area contributed by atoms with E-state index in [1.807, 2.05) is 54.1 Å². The molecular formula is C16H19NO2S. The van der Waals surface area contributed by atoms with Crippen molar-refractivity contribution in [3.8, 4) is 0 Å². The Kier molecular flexibility index (Phi) is 4.57. The average molecular weight is 289 g/mol. The van der Waals surface area contributed by atoms with Crippen LogP contribution in [0.25, 0.3) is 0 Å². The van der Waals surface area contributed by atoms with Crippen molar-refractivity contribution in [3.05, 3.63) is 58.3 Å². The van der Waals surface area contributed by atoms with Gasteiger partial charge >= 0.3 is 0 Å². The summed E-state index contributed by atoms with van der Waals surface area (Å²) in [5, 5.41) is 17.2. The molecule has 0 bridgehead atoms. The molecule has 0 fully saturated rings. The molecule has 0 radical (unpaired) electrons. The first kappa shape index (κ1) is 14.8. The zero-order valence-electron chi connectivity index (χ0n) is 11.7. The number of nitrogens with one attached hydrogen (secondary N) is 1. The van der Waals surface area contributed by atoms with Crippen molar-refractivity contribution in [2.45, 2.75) is 25.4 Å². The highest BCUT2D eigenvalue weighted by atomic mass is 32.1. The van der Waals surface area contributed by atoms with Crippen LogP contribution < -0.4 is 5.32 Å². The van der Waals surface area contributed by atoms with E-state index < -0.39 is 5.60 Å². The molecule has 0 aliphatic carbocycles. The monoisotopic (exact) mass is 289 g/mol. The minimum absolute atomic E-state index is 0.0698. The summed E-state index contributed by atoms with van der Waals surface area (Å²) in [4.78, 5) is 12.1. The molecule has 20 heavy (non-hydrogen) atoms. The molecule has 0 aliphatic heterocycles. The van der Waals surface area contributed by atoms with Gasteiger partial charge in [0.05, 0.1) is 12.5 Å². The van der Waals surface area contributed by atoms with Gasteiger partial charge in [0, 0.05) is 0 Å². The number of carbonyl (C=O) groups is 1. The standard InChI is InChI=1S/C16H19NO2S/c1-12(13-8-9-20-10-13)15(18)17-11-16(2,19)14-6-4-3-5-7-14/h3-10,12,19H,11H2,1-2H3,(H,17,18). The highest BCUT2D eigenvalue weighted by Crippen LogP contribution is 2.21. The molecule has 1 aromatic carbocycles. The molecule has 0 saturated heterocycles. The minimum atomic E-state index is -1.06. The van der Waals surface area contributed by atoms with Gasteiger partial charge in [0.25, 0.3) is 0 Å². The van der Waals surface area contributed by atoms with E-state index in [-0.39, 0.29) is 18.4 Å². The normalized spacial score (nSPS) is 15.3. The van der Waals surface area contributed by atoms with Gasteiger partial charge in [-0.15, -0.1) is 0 Å². The number of hydrogen-bond acceptors (Lipinski definition) is 3. The number of aliphatic hydroxyl groups is 1. The second-order valence-corrected chi connectivity index (χ2v) is 5.92. The third kappa shape index (κ3) is 3.46. The van der Waals surface area contributed by atoms with Gasteiger partial charge in [-0.05, 0) is 41.8 Å². The van der Waals surface area contributed by atoms with E-state index in [0.29, 0.717) is 0 Å².